The van der Waals surface area contributed by atoms with Crippen molar-refractivity contribution < 1.29 is 4.79 Å². The Morgan fingerprint density at radius 2 is 2.05 bits per heavy atom. The summed E-state index contributed by atoms with van der Waals surface area (Å²) in [5.41, 5.74) is 1.09. The summed E-state index contributed by atoms with van der Waals surface area (Å²) in [6.07, 6.45) is 0. The quantitative estimate of drug-likeness (QED) is 0.855. The molecule has 1 amide bonds. The number of hydrogen-bond donors (Lipinski definition) is 1. The van der Waals surface area contributed by atoms with Gasteiger partial charge in [-0.05, 0) is 38.5 Å². The van der Waals surface area contributed by atoms with Crippen LogP contribution in [-0.4, -0.2) is 29.9 Å². The topological polar surface area (TPSA) is 32.3 Å². The van der Waals surface area contributed by atoms with Crippen LogP contribution in [0.3, 0.4) is 0 Å². The highest BCUT2D eigenvalue weighted by atomic mass is 79.9. The first-order valence-electron chi connectivity index (χ1n) is 6.45. The number of amides is 1. The Labute approximate surface area is 128 Å². The molecular formula is C14H20BrClN2O. The van der Waals surface area contributed by atoms with Gasteiger partial charge in [-0.25, -0.2) is 0 Å². The maximum absolute atomic E-state index is 12.1. The van der Waals surface area contributed by atoms with Crippen molar-refractivity contribution in [2.24, 2.45) is 0 Å². The predicted molar refractivity (Wildman–Crippen MR) is 83.4 cm³/mol. The van der Waals surface area contributed by atoms with Crippen molar-refractivity contribution in [3.63, 3.8) is 0 Å². The number of carbonyl (C=O) groups is 1. The molecule has 0 aliphatic heterocycles. The lowest BCUT2D eigenvalue weighted by molar-refractivity contribution is -0.132. The molecule has 0 spiro atoms. The van der Waals surface area contributed by atoms with Gasteiger partial charge in [-0.1, -0.05) is 33.6 Å². The van der Waals surface area contributed by atoms with Gasteiger partial charge in [0.05, 0.1) is 6.04 Å². The fourth-order valence-corrected chi connectivity index (χ4v) is 2.65. The zero-order valence-corrected chi connectivity index (χ0v) is 13.9. The molecule has 5 heteroatoms. The Morgan fingerprint density at radius 3 is 2.58 bits per heavy atom. The van der Waals surface area contributed by atoms with Crippen LogP contribution in [0.2, 0.25) is 5.02 Å². The third-order valence-corrected chi connectivity index (χ3v) is 4.03. The molecule has 0 saturated heterocycles. The number of nitrogens with one attached hydrogen (secondary N) is 1. The normalized spacial score (nSPS) is 12.3. The summed E-state index contributed by atoms with van der Waals surface area (Å²) in [4.78, 5) is 13.9. The summed E-state index contributed by atoms with van der Waals surface area (Å²) in [7, 11) is 0. The van der Waals surface area contributed by atoms with Crippen LogP contribution in [-0.2, 0) is 11.3 Å². The number of carbonyl (C=O) groups excluding carboxylic acids is 1. The van der Waals surface area contributed by atoms with Gasteiger partial charge in [-0.15, -0.1) is 0 Å². The minimum atomic E-state index is -0.192. The standard InChI is InChI=1S/C14H20BrClN2O/c1-4-18(5-2)14(19)10(3)17-9-11-6-7-12(16)8-13(11)15/h6-8,10,17H,4-5,9H2,1-3H3. The molecule has 1 atom stereocenters. The number of halogens is 2. The van der Waals surface area contributed by atoms with Crippen LogP contribution in [0, 0.1) is 0 Å². The van der Waals surface area contributed by atoms with E-state index in [1.807, 2.05) is 43.9 Å². The van der Waals surface area contributed by atoms with E-state index in [1.165, 1.54) is 0 Å². The molecule has 0 bridgehead atoms. The van der Waals surface area contributed by atoms with Crippen molar-refractivity contribution in [1.29, 1.82) is 0 Å². The zero-order chi connectivity index (χ0) is 14.4. The predicted octanol–water partition coefficient (Wildman–Crippen LogP) is 3.45. The summed E-state index contributed by atoms with van der Waals surface area (Å²) in [6, 6.07) is 5.46. The molecule has 1 N–H and O–H groups in total. The second-order valence-corrected chi connectivity index (χ2v) is 5.64. The molecule has 106 valence electrons. The number of rotatable bonds is 6. The van der Waals surface area contributed by atoms with Crippen LogP contribution in [0.15, 0.2) is 22.7 Å². The average molecular weight is 348 g/mol. The highest BCUT2D eigenvalue weighted by molar-refractivity contribution is 9.10. The molecule has 1 aromatic rings. The molecule has 0 radical (unpaired) electrons. The maximum atomic E-state index is 12.1. The summed E-state index contributed by atoms with van der Waals surface area (Å²) in [5, 5.41) is 3.94. The maximum Gasteiger partial charge on any atom is 0.239 e. The van der Waals surface area contributed by atoms with Crippen molar-refractivity contribution in [2.75, 3.05) is 13.1 Å². The number of benzene rings is 1. The number of hydrogen-bond acceptors (Lipinski definition) is 2. The second-order valence-electron chi connectivity index (χ2n) is 4.35. The van der Waals surface area contributed by atoms with E-state index in [9.17, 15) is 4.79 Å². The van der Waals surface area contributed by atoms with Crippen molar-refractivity contribution in [3.8, 4) is 0 Å². The lowest BCUT2D eigenvalue weighted by Gasteiger charge is -2.23. The molecule has 0 saturated carbocycles. The van der Waals surface area contributed by atoms with E-state index in [4.69, 9.17) is 11.6 Å². The van der Waals surface area contributed by atoms with Gasteiger partial charge in [0.1, 0.15) is 0 Å². The van der Waals surface area contributed by atoms with E-state index < -0.39 is 0 Å². The second kappa shape index (κ2) is 7.88. The van der Waals surface area contributed by atoms with Crippen LogP contribution >= 0.6 is 27.5 Å². The van der Waals surface area contributed by atoms with E-state index in [0.717, 1.165) is 23.1 Å². The number of nitrogens with zero attached hydrogens (tertiary/aromatic N) is 1. The first-order valence-corrected chi connectivity index (χ1v) is 7.62. The van der Waals surface area contributed by atoms with Crippen LogP contribution in [0.4, 0.5) is 0 Å². The van der Waals surface area contributed by atoms with Crippen molar-refractivity contribution in [3.05, 3.63) is 33.3 Å². The minimum Gasteiger partial charge on any atom is -0.342 e. The van der Waals surface area contributed by atoms with Gasteiger partial charge < -0.3 is 10.2 Å². The van der Waals surface area contributed by atoms with Crippen molar-refractivity contribution in [2.45, 2.75) is 33.4 Å². The molecule has 0 aromatic heterocycles. The molecular weight excluding hydrogens is 328 g/mol. The Morgan fingerprint density at radius 1 is 1.42 bits per heavy atom. The lowest BCUT2D eigenvalue weighted by Crippen LogP contribution is -2.44. The third kappa shape index (κ3) is 4.79. The highest BCUT2D eigenvalue weighted by Crippen LogP contribution is 2.21. The van der Waals surface area contributed by atoms with Gasteiger partial charge >= 0.3 is 0 Å². The van der Waals surface area contributed by atoms with Gasteiger partial charge in [0.15, 0.2) is 0 Å². The first kappa shape index (κ1) is 16.5. The zero-order valence-electron chi connectivity index (χ0n) is 11.5. The fourth-order valence-electron chi connectivity index (χ4n) is 1.82. The van der Waals surface area contributed by atoms with Gasteiger partial charge in [-0.2, -0.15) is 0 Å². The van der Waals surface area contributed by atoms with Crippen LogP contribution in [0.1, 0.15) is 26.3 Å². The summed E-state index contributed by atoms with van der Waals surface area (Å²) >= 11 is 9.37. The van der Waals surface area contributed by atoms with Crippen LogP contribution in [0.5, 0.6) is 0 Å². The Bertz CT molecular complexity index is 435. The molecule has 19 heavy (non-hydrogen) atoms. The Balaban J connectivity index is 2.58. The van der Waals surface area contributed by atoms with E-state index >= 15 is 0 Å². The third-order valence-electron chi connectivity index (χ3n) is 3.06. The van der Waals surface area contributed by atoms with E-state index in [2.05, 4.69) is 21.2 Å². The van der Waals surface area contributed by atoms with E-state index in [0.29, 0.717) is 11.6 Å². The summed E-state index contributed by atoms with van der Waals surface area (Å²) in [6.45, 7) is 7.99. The fraction of sp³-hybridized carbons (Fsp3) is 0.500. The Kier molecular flexibility index (Phi) is 6.83. The largest absolute Gasteiger partial charge is 0.342 e. The van der Waals surface area contributed by atoms with Gasteiger partial charge in [-0.3, -0.25) is 4.79 Å². The van der Waals surface area contributed by atoms with Gasteiger partial charge in [0.25, 0.3) is 0 Å². The monoisotopic (exact) mass is 346 g/mol. The smallest absolute Gasteiger partial charge is 0.239 e. The molecule has 0 aliphatic rings. The number of likely N-dealkylation sites (N-methyl/N-ethyl adjacent to an activating group) is 1. The summed E-state index contributed by atoms with van der Waals surface area (Å²) < 4.78 is 0.954. The Hall–Kier alpha value is -0.580. The highest BCUT2D eigenvalue weighted by Gasteiger charge is 2.17. The summed E-state index contributed by atoms with van der Waals surface area (Å²) in [5.74, 6) is 0.134. The molecule has 1 unspecified atom stereocenters. The molecule has 1 rings (SSSR count). The lowest BCUT2D eigenvalue weighted by atomic mass is 10.2. The van der Waals surface area contributed by atoms with E-state index in [-0.39, 0.29) is 11.9 Å². The van der Waals surface area contributed by atoms with Crippen LogP contribution < -0.4 is 5.32 Å². The molecule has 0 heterocycles. The minimum absolute atomic E-state index is 0.134. The molecule has 0 fully saturated rings. The van der Waals surface area contributed by atoms with Crippen molar-refractivity contribution in [1.82, 2.24) is 10.2 Å². The van der Waals surface area contributed by atoms with Crippen LogP contribution in [0.25, 0.3) is 0 Å². The van der Waals surface area contributed by atoms with Gasteiger partial charge in [0, 0.05) is 29.1 Å². The molecule has 3 nitrogen and oxygen atoms in total. The molecule has 1 aromatic carbocycles. The first-order chi connectivity index (χ1) is 8.99. The van der Waals surface area contributed by atoms with Gasteiger partial charge in [0.2, 0.25) is 5.91 Å². The van der Waals surface area contributed by atoms with Crippen molar-refractivity contribution >= 4 is 33.4 Å². The SMILES string of the molecule is CCN(CC)C(=O)C(C)NCc1ccc(Cl)cc1Br. The average Bonchev–Trinajstić information content (AvgIpc) is 2.38. The molecule has 0 aliphatic carbocycles. The van der Waals surface area contributed by atoms with E-state index in [1.54, 1.807) is 0 Å².